The highest BCUT2D eigenvalue weighted by molar-refractivity contribution is 5.78. The van der Waals surface area contributed by atoms with Crippen LogP contribution >= 0.6 is 0 Å². The molecule has 0 aromatic heterocycles. The van der Waals surface area contributed by atoms with Gasteiger partial charge in [-0.05, 0) is 36.6 Å². The van der Waals surface area contributed by atoms with E-state index in [1.807, 2.05) is 37.3 Å². The van der Waals surface area contributed by atoms with E-state index in [1.54, 1.807) is 6.07 Å². The number of benzene rings is 2. The highest BCUT2D eigenvalue weighted by atomic mass is 19.1. The monoisotopic (exact) mass is 331 g/mol. The third-order valence-electron chi connectivity index (χ3n) is 3.75. The van der Waals surface area contributed by atoms with Gasteiger partial charge in [-0.15, -0.1) is 0 Å². The summed E-state index contributed by atoms with van der Waals surface area (Å²) < 4.78 is 18.5. The van der Waals surface area contributed by atoms with Crippen LogP contribution in [0.1, 0.15) is 30.6 Å². The van der Waals surface area contributed by atoms with Crippen molar-refractivity contribution in [3.05, 3.63) is 65.5 Å². The van der Waals surface area contributed by atoms with E-state index >= 15 is 0 Å². The van der Waals surface area contributed by atoms with Crippen LogP contribution in [0.25, 0.3) is 0 Å². The fourth-order valence-electron chi connectivity index (χ4n) is 2.54. The van der Waals surface area contributed by atoms with E-state index in [2.05, 4.69) is 5.32 Å². The molecule has 0 saturated heterocycles. The van der Waals surface area contributed by atoms with Crippen LogP contribution < -0.4 is 10.1 Å². The molecule has 2 aromatic rings. The number of rotatable bonds is 7. The molecule has 1 amide bonds. The first kappa shape index (κ1) is 17.9. The lowest BCUT2D eigenvalue weighted by atomic mass is 10.0. The second-order valence-corrected chi connectivity index (χ2v) is 5.78. The second kappa shape index (κ2) is 8.45. The van der Waals surface area contributed by atoms with Gasteiger partial charge in [0.05, 0.1) is 19.6 Å². The summed E-state index contributed by atoms with van der Waals surface area (Å²) in [5.41, 5.74) is 1.39. The van der Waals surface area contributed by atoms with Gasteiger partial charge in [0.2, 0.25) is 5.91 Å². The van der Waals surface area contributed by atoms with Gasteiger partial charge < -0.3 is 15.2 Å². The fraction of sp³-hybridized carbons (Fsp3) is 0.316. The molecule has 128 valence electrons. The van der Waals surface area contributed by atoms with Crippen molar-refractivity contribution in [3.63, 3.8) is 0 Å². The quantitative estimate of drug-likeness (QED) is 0.820. The van der Waals surface area contributed by atoms with Crippen LogP contribution in [-0.2, 0) is 11.2 Å². The van der Waals surface area contributed by atoms with E-state index in [4.69, 9.17) is 4.74 Å². The van der Waals surface area contributed by atoms with E-state index in [-0.39, 0.29) is 24.1 Å². The van der Waals surface area contributed by atoms with Crippen molar-refractivity contribution in [2.45, 2.75) is 31.9 Å². The van der Waals surface area contributed by atoms with Crippen LogP contribution in [0.3, 0.4) is 0 Å². The second-order valence-electron chi connectivity index (χ2n) is 5.78. The van der Waals surface area contributed by atoms with Crippen molar-refractivity contribution in [1.82, 2.24) is 5.32 Å². The summed E-state index contributed by atoms with van der Waals surface area (Å²) in [6, 6.07) is 13.6. The Morgan fingerprint density at radius 3 is 2.58 bits per heavy atom. The summed E-state index contributed by atoms with van der Waals surface area (Å²) in [6.07, 6.45) is -0.153. The van der Waals surface area contributed by atoms with E-state index in [0.717, 1.165) is 5.56 Å². The predicted molar refractivity (Wildman–Crippen MR) is 90.3 cm³/mol. The maximum absolute atomic E-state index is 13.6. The first-order valence-corrected chi connectivity index (χ1v) is 7.84. The highest BCUT2D eigenvalue weighted by Gasteiger charge is 2.15. The first-order valence-electron chi connectivity index (χ1n) is 7.84. The van der Waals surface area contributed by atoms with Gasteiger partial charge in [-0.2, -0.15) is 0 Å². The van der Waals surface area contributed by atoms with Gasteiger partial charge in [0.25, 0.3) is 0 Å². The summed E-state index contributed by atoms with van der Waals surface area (Å²) in [4.78, 5) is 12.1. The van der Waals surface area contributed by atoms with Gasteiger partial charge in [0.15, 0.2) is 11.6 Å². The average molecular weight is 331 g/mol. The van der Waals surface area contributed by atoms with Crippen molar-refractivity contribution in [1.29, 1.82) is 0 Å². The van der Waals surface area contributed by atoms with Crippen molar-refractivity contribution < 1.29 is 19.0 Å². The van der Waals surface area contributed by atoms with Crippen molar-refractivity contribution >= 4 is 5.91 Å². The molecule has 5 heteroatoms. The molecule has 0 heterocycles. The molecule has 2 aromatic carbocycles. The summed E-state index contributed by atoms with van der Waals surface area (Å²) in [6.45, 7) is 1.83. The Balaban J connectivity index is 1.86. The zero-order valence-corrected chi connectivity index (χ0v) is 13.8. The molecule has 0 radical (unpaired) electrons. The molecule has 0 aliphatic rings. The predicted octanol–water partition coefficient (Wildman–Crippen LogP) is 3.01. The Morgan fingerprint density at radius 2 is 1.96 bits per heavy atom. The Kier molecular flexibility index (Phi) is 6.32. The minimum Gasteiger partial charge on any atom is -0.494 e. The lowest BCUT2D eigenvalue weighted by Crippen LogP contribution is -2.34. The van der Waals surface area contributed by atoms with Gasteiger partial charge in [-0.25, -0.2) is 4.39 Å². The number of aliphatic hydroxyl groups is 1. The third kappa shape index (κ3) is 5.06. The third-order valence-corrected chi connectivity index (χ3v) is 3.75. The molecule has 24 heavy (non-hydrogen) atoms. The van der Waals surface area contributed by atoms with Crippen LogP contribution in [-0.4, -0.2) is 24.2 Å². The van der Waals surface area contributed by atoms with E-state index in [1.165, 1.54) is 19.2 Å². The number of carbonyl (C=O) groups excluding carboxylic acids is 1. The Bertz CT molecular complexity index is 676. The molecule has 0 aliphatic heterocycles. The zero-order chi connectivity index (χ0) is 17.5. The van der Waals surface area contributed by atoms with Crippen molar-refractivity contribution in [2.24, 2.45) is 0 Å². The van der Waals surface area contributed by atoms with Gasteiger partial charge in [-0.3, -0.25) is 4.79 Å². The minimum absolute atomic E-state index is 0.0761. The van der Waals surface area contributed by atoms with Gasteiger partial charge in [0.1, 0.15) is 0 Å². The number of ether oxygens (including phenoxy) is 1. The van der Waals surface area contributed by atoms with Crippen LogP contribution in [0, 0.1) is 5.82 Å². The van der Waals surface area contributed by atoms with E-state index in [0.29, 0.717) is 12.0 Å². The topological polar surface area (TPSA) is 58.6 Å². The van der Waals surface area contributed by atoms with Crippen LogP contribution in [0.2, 0.25) is 0 Å². The smallest absolute Gasteiger partial charge is 0.224 e. The number of amides is 1. The van der Waals surface area contributed by atoms with Gasteiger partial charge in [-0.1, -0.05) is 36.4 Å². The number of aliphatic hydroxyl groups excluding tert-OH is 1. The maximum Gasteiger partial charge on any atom is 0.224 e. The Labute approximate surface area is 141 Å². The molecule has 0 bridgehead atoms. The molecule has 0 saturated carbocycles. The highest BCUT2D eigenvalue weighted by Crippen LogP contribution is 2.19. The Hall–Kier alpha value is -2.40. The normalized spacial score (nSPS) is 13.2. The van der Waals surface area contributed by atoms with Crippen molar-refractivity contribution in [2.75, 3.05) is 7.11 Å². The summed E-state index contributed by atoms with van der Waals surface area (Å²) >= 11 is 0. The van der Waals surface area contributed by atoms with E-state index < -0.39 is 11.9 Å². The number of hydrogen-bond donors (Lipinski definition) is 2. The number of hydrogen-bond acceptors (Lipinski definition) is 3. The molecular weight excluding hydrogens is 309 g/mol. The maximum atomic E-state index is 13.6. The molecule has 4 nitrogen and oxygen atoms in total. The van der Waals surface area contributed by atoms with Gasteiger partial charge >= 0.3 is 0 Å². The van der Waals surface area contributed by atoms with Gasteiger partial charge in [0, 0.05) is 6.04 Å². The molecule has 2 atom stereocenters. The molecule has 0 aliphatic carbocycles. The summed E-state index contributed by atoms with van der Waals surface area (Å²) in [7, 11) is 1.39. The van der Waals surface area contributed by atoms with Crippen LogP contribution in [0.4, 0.5) is 4.39 Å². The number of carbonyl (C=O) groups is 1. The largest absolute Gasteiger partial charge is 0.494 e. The molecular formula is C19H22FNO3. The standard InChI is InChI=1S/C19H22FNO3/c1-13(10-17(22)15-6-4-3-5-7-15)21-19(23)12-14-8-9-18(24-2)16(20)11-14/h3-9,11,13,17,22H,10,12H2,1-2H3,(H,21,23)/t13-,17-/m1/s1. The average Bonchev–Trinajstić information content (AvgIpc) is 2.55. The molecule has 0 fully saturated rings. The lowest BCUT2D eigenvalue weighted by molar-refractivity contribution is -0.121. The molecule has 2 N–H and O–H groups in total. The number of nitrogens with one attached hydrogen (secondary N) is 1. The number of methoxy groups -OCH3 is 1. The first-order chi connectivity index (χ1) is 11.5. The van der Waals surface area contributed by atoms with E-state index in [9.17, 15) is 14.3 Å². The SMILES string of the molecule is COc1ccc(CC(=O)N[C@H](C)C[C@@H](O)c2ccccc2)cc1F. The number of halogens is 1. The molecule has 0 unspecified atom stereocenters. The zero-order valence-electron chi connectivity index (χ0n) is 13.8. The molecule has 0 spiro atoms. The van der Waals surface area contributed by atoms with Crippen molar-refractivity contribution in [3.8, 4) is 5.75 Å². The van der Waals surface area contributed by atoms with Crippen LogP contribution in [0.15, 0.2) is 48.5 Å². The fourth-order valence-corrected chi connectivity index (χ4v) is 2.54. The summed E-state index contributed by atoms with van der Waals surface area (Å²) in [5.74, 6) is -0.554. The Morgan fingerprint density at radius 1 is 1.25 bits per heavy atom. The lowest BCUT2D eigenvalue weighted by Gasteiger charge is -2.18. The minimum atomic E-state index is -0.639. The van der Waals surface area contributed by atoms with Crippen LogP contribution in [0.5, 0.6) is 5.75 Å². The molecule has 2 rings (SSSR count). The summed E-state index contributed by atoms with van der Waals surface area (Å²) in [5, 5.41) is 13.0.